The Bertz CT molecular complexity index is 332. The van der Waals surface area contributed by atoms with Crippen LogP contribution in [0, 0.1) is 23.7 Å². The van der Waals surface area contributed by atoms with Crippen molar-refractivity contribution in [1.82, 2.24) is 0 Å². The van der Waals surface area contributed by atoms with Gasteiger partial charge in [-0.25, -0.2) is 9.18 Å². The average Bonchev–Trinajstić information content (AvgIpc) is 2.63. The minimum atomic E-state index is -1.73. The Morgan fingerprint density at radius 1 is 1.29 bits per heavy atom. The largest absolute Gasteiger partial charge is 0.458 e. The van der Waals surface area contributed by atoms with Gasteiger partial charge in [-0.2, -0.15) is 0 Å². The van der Waals surface area contributed by atoms with Crippen LogP contribution in [0.2, 0.25) is 0 Å². The maximum Gasteiger partial charge on any atom is 0.344 e. The van der Waals surface area contributed by atoms with E-state index in [1.54, 1.807) is 20.8 Å². The zero-order valence-corrected chi connectivity index (χ0v) is 11.4. The highest BCUT2D eigenvalue weighted by Crippen LogP contribution is 2.58. The van der Waals surface area contributed by atoms with Crippen LogP contribution in [0.15, 0.2) is 0 Å². The van der Waals surface area contributed by atoms with E-state index in [0.29, 0.717) is 18.3 Å². The molecule has 0 heterocycles. The van der Waals surface area contributed by atoms with E-state index in [-0.39, 0.29) is 11.8 Å². The Morgan fingerprint density at radius 3 is 2.29 bits per heavy atom. The predicted octanol–water partition coefficient (Wildman–Crippen LogP) is 3.35. The van der Waals surface area contributed by atoms with Crippen molar-refractivity contribution >= 4 is 5.97 Å². The van der Waals surface area contributed by atoms with Gasteiger partial charge in [0.05, 0.1) is 0 Å². The van der Waals surface area contributed by atoms with Crippen LogP contribution in [0.3, 0.4) is 0 Å². The van der Waals surface area contributed by atoms with Crippen molar-refractivity contribution < 1.29 is 13.9 Å². The molecule has 2 aliphatic rings. The lowest BCUT2D eigenvalue weighted by Gasteiger charge is -2.36. The Balaban J connectivity index is 2.15. The second-order valence-electron chi connectivity index (χ2n) is 6.89. The van der Waals surface area contributed by atoms with Gasteiger partial charge in [0.2, 0.25) is 5.67 Å². The quantitative estimate of drug-likeness (QED) is 0.659. The summed E-state index contributed by atoms with van der Waals surface area (Å²) in [5.74, 6) is 0.388. The van der Waals surface area contributed by atoms with Crippen LogP contribution in [0.1, 0.15) is 47.5 Å². The minimum absolute atomic E-state index is 0.141. The first-order valence-corrected chi connectivity index (χ1v) is 6.57. The first-order chi connectivity index (χ1) is 7.65. The molecule has 2 aliphatic carbocycles. The second-order valence-corrected chi connectivity index (χ2v) is 6.89. The van der Waals surface area contributed by atoms with Crippen molar-refractivity contribution in [3.05, 3.63) is 0 Å². The van der Waals surface area contributed by atoms with Crippen LogP contribution in [-0.2, 0) is 9.53 Å². The third-order valence-corrected chi connectivity index (χ3v) is 4.65. The van der Waals surface area contributed by atoms with Crippen molar-refractivity contribution in [3.63, 3.8) is 0 Å². The molecule has 2 saturated carbocycles. The van der Waals surface area contributed by atoms with Gasteiger partial charge in [0.15, 0.2) is 0 Å². The van der Waals surface area contributed by atoms with E-state index < -0.39 is 17.2 Å². The third-order valence-electron chi connectivity index (χ3n) is 4.65. The first kappa shape index (κ1) is 12.8. The van der Waals surface area contributed by atoms with Gasteiger partial charge in [0, 0.05) is 5.92 Å². The molecule has 0 spiro atoms. The Labute approximate surface area is 103 Å². The zero-order chi connectivity index (χ0) is 13.0. The van der Waals surface area contributed by atoms with Crippen LogP contribution >= 0.6 is 0 Å². The standard InChI is InChI=1S/C14H23FO2/c1-8-9(2)11-6-10(8)7-14(11,15)12(16)17-13(3,4)5/h8-11H,6-7H2,1-5H3. The monoisotopic (exact) mass is 242 g/mol. The number of alkyl halides is 1. The van der Waals surface area contributed by atoms with Crippen LogP contribution in [0.5, 0.6) is 0 Å². The average molecular weight is 242 g/mol. The summed E-state index contributed by atoms with van der Waals surface area (Å²) in [5, 5.41) is 0. The van der Waals surface area contributed by atoms with Gasteiger partial charge in [-0.15, -0.1) is 0 Å². The highest BCUT2D eigenvalue weighted by molar-refractivity contribution is 5.81. The lowest BCUT2D eigenvalue weighted by atomic mass is 9.74. The van der Waals surface area contributed by atoms with E-state index in [1.165, 1.54) is 0 Å². The van der Waals surface area contributed by atoms with Gasteiger partial charge < -0.3 is 4.74 Å². The summed E-state index contributed by atoms with van der Waals surface area (Å²) >= 11 is 0. The van der Waals surface area contributed by atoms with Crippen molar-refractivity contribution in [2.24, 2.45) is 23.7 Å². The van der Waals surface area contributed by atoms with E-state index in [1.807, 2.05) is 0 Å². The molecule has 0 aromatic rings. The molecule has 0 aromatic carbocycles. The van der Waals surface area contributed by atoms with Crippen LogP contribution in [0.4, 0.5) is 4.39 Å². The fraction of sp³-hybridized carbons (Fsp3) is 0.929. The van der Waals surface area contributed by atoms with Crippen LogP contribution < -0.4 is 0 Å². The molecular formula is C14H23FO2. The third kappa shape index (κ3) is 1.98. The Hall–Kier alpha value is -0.600. The fourth-order valence-electron chi connectivity index (χ4n) is 3.55. The number of fused-ring (bicyclic) bond motifs is 2. The van der Waals surface area contributed by atoms with E-state index in [0.717, 1.165) is 6.42 Å². The first-order valence-electron chi connectivity index (χ1n) is 6.57. The van der Waals surface area contributed by atoms with Crippen molar-refractivity contribution in [3.8, 4) is 0 Å². The number of hydrogen-bond acceptors (Lipinski definition) is 2. The molecule has 2 nitrogen and oxygen atoms in total. The Kier molecular flexibility index (Phi) is 2.79. The molecule has 2 bridgehead atoms. The predicted molar refractivity (Wildman–Crippen MR) is 64.2 cm³/mol. The van der Waals surface area contributed by atoms with Gasteiger partial charge >= 0.3 is 5.97 Å². The number of hydrogen-bond donors (Lipinski definition) is 0. The molecule has 0 aliphatic heterocycles. The number of carbonyl (C=O) groups is 1. The molecule has 0 N–H and O–H groups in total. The molecule has 3 heteroatoms. The fourth-order valence-corrected chi connectivity index (χ4v) is 3.55. The number of halogens is 1. The van der Waals surface area contributed by atoms with Gasteiger partial charge in [0.1, 0.15) is 5.60 Å². The van der Waals surface area contributed by atoms with Gasteiger partial charge in [-0.05, 0) is 51.4 Å². The molecule has 17 heavy (non-hydrogen) atoms. The summed E-state index contributed by atoms with van der Waals surface area (Å²) in [7, 11) is 0. The van der Waals surface area contributed by atoms with E-state index >= 15 is 0 Å². The van der Waals surface area contributed by atoms with E-state index in [2.05, 4.69) is 13.8 Å². The molecule has 2 rings (SSSR count). The minimum Gasteiger partial charge on any atom is -0.458 e. The van der Waals surface area contributed by atoms with Crippen LogP contribution in [0.25, 0.3) is 0 Å². The van der Waals surface area contributed by atoms with Gasteiger partial charge in [-0.3, -0.25) is 0 Å². The highest BCUT2D eigenvalue weighted by Gasteiger charge is 2.63. The normalized spacial score (nSPS) is 45.1. The van der Waals surface area contributed by atoms with Gasteiger partial charge in [-0.1, -0.05) is 13.8 Å². The molecule has 0 radical (unpaired) electrons. The summed E-state index contributed by atoms with van der Waals surface area (Å²) in [5.41, 5.74) is -2.34. The number of rotatable bonds is 1. The molecule has 98 valence electrons. The second kappa shape index (κ2) is 3.69. The molecule has 5 unspecified atom stereocenters. The van der Waals surface area contributed by atoms with E-state index in [4.69, 9.17) is 4.74 Å². The summed E-state index contributed by atoms with van der Waals surface area (Å²) in [6.07, 6.45) is 1.20. The van der Waals surface area contributed by atoms with Crippen molar-refractivity contribution in [2.45, 2.75) is 58.7 Å². The van der Waals surface area contributed by atoms with Crippen molar-refractivity contribution in [1.29, 1.82) is 0 Å². The van der Waals surface area contributed by atoms with Crippen molar-refractivity contribution in [2.75, 3.05) is 0 Å². The highest BCUT2D eigenvalue weighted by atomic mass is 19.1. The maximum atomic E-state index is 14.9. The molecule has 2 fully saturated rings. The molecule has 0 amide bonds. The zero-order valence-electron chi connectivity index (χ0n) is 11.4. The number of carbonyl (C=O) groups excluding carboxylic acids is 1. The molecule has 5 atom stereocenters. The summed E-state index contributed by atoms with van der Waals surface area (Å²) in [6, 6.07) is 0. The number of ether oxygens (including phenoxy) is 1. The summed E-state index contributed by atoms with van der Waals surface area (Å²) in [6.45, 7) is 9.59. The van der Waals surface area contributed by atoms with E-state index in [9.17, 15) is 9.18 Å². The lowest BCUT2D eigenvalue weighted by molar-refractivity contribution is -0.175. The molecule has 0 saturated heterocycles. The molecular weight excluding hydrogens is 219 g/mol. The smallest absolute Gasteiger partial charge is 0.344 e. The summed E-state index contributed by atoms with van der Waals surface area (Å²) < 4.78 is 20.1. The Morgan fingerprint density at radius 2 is 1.88 bits per heavy atom. The molecule has 0 aromatic heterocycles. The lowest BCUT2D eigenvalue weighted by Crippen LogP contribution is -2.47. The number of esters is 1. The van der Waals surface area contributed by atoms with Gasteiger partial charge in [0.25, 0.3) is 0 Å². The van der Waals surface area contributed by atoms with Crippen LogP contribution in [-0.4, -0.2) is 17.2 Å². The SMILES string of the molecule is CC1C2CC(C1C)C(F)(C(=O)OC(C)(C)C)C2. The maximum absolute atomic E-state index is 14.9. The summed E-state index contributed by atoms with van der Waals surface area (Å²) in [4.78, 5) is 12.0. The topological polar surface area (TPSA) is 26.3 Å².